The van der Waals surface area contributed by atoms with E-state index in [1.54, 1.807) is 24.3 Å². The third-order valence-corrected chi connectivity index (χ3v) is 6.11. The standard InChI is InChI=1S/C19H15ClFN3O3S/c20-12-2-5-14-16(7-8-22-17(14)10-12)23-19(25)11-1-6-15(21)18(9-11)28(26,27)24-13-3-4-13/h1-2,5-10,13,24H,3-4H2,(H,22,23,25). The van der Waals surface area contributed by atoms with Gasteiger partial charge in [0.05, 0.1) is 11.2 Å². The van der Waals surface area contributed by atoms with Crippen LogP contribution < -0.4 is 10.0 Å². The third-order valence-electron chi connectivity index (χ3n) is 4.34. The van der Waals surface area contributed by atoms with Crippen LogP contribution >= 0.6 is 11.6 Å². The van der Waals surface area contributed by atoms with Crippen molar-refractivity contribution in [3.8, 4) is 0 Å². The topological polar surface area (TPSA) is 88.2 Å². The number of anilines is 1. The predicted molar refractivity (Wildman–Crippen MR) is 104 cm³/mol. The maximum Gasteiger partial charge on any atom is 0.255 e. The first-order chi connectivity index (χ1) is 13.3. The van der Waals surface area contributed by atoms with Crippen molar-refractivity contribution >= 4 is 44.1 Å². The largest absolute Gasteiger partial charge is 0.321 e. The van der Waals surface area contributed by atoms with Crippen LogP contribution in [-0.4, -0.2) is 25.4 Å². The average molecular weight is 420 g/mol. The molecule has 1 fully saturated rings. The first kappa shape index (κ1) is 18.8. The number of halogens is 2. The van der Waals surface area contributed by atoms with E-state index in [-0.39, 0.29) is 11.6 Å². The molecule has 1 saturated carbocycles. The van der Waals surface area contributed by atoms with E-state index < -0.39 is 26.6 Å². The highest BCUT2D eigenvalue weighted by Crippen LogP contribution is 2.26. The monoisotopic (exact) mass is 419 g/mol. The number of carbonyl (C=O) groups is 1. The van der Waals surface area contributed by atoms with Gasteiger partial charge in [0.15, 0.2) is 0 Å². The van der Waals surface area contributed by atoms with Crippen LogP contribution in [0.2, 0.25) is 5.02 Å². The van der Waals surface area contributed by atoms with Crippen molar-refractivity contribution in [3.63, 3.8) is 0 Å². The minimum atomic E-state index is -4.03. The SMILES string of the molecule is O=C(Nc1ccnc2cc(Cl)ccc12)c1ccc(F)c(S(=O)(=O)NC2CC2)c1. The van der Waals surface area contributed by atoms with E-state index in [0.717, 1.165) is 25.0 Å². The lowest BCUT2D eigenvalue weighted by Crippen LogP contribution is -2.27. The second kappa shape index (κ2) is 7.12. The van der Waals surface area contributed by atoms with Gasteiger partial charge in [-0.25, -0.2) is 17.5 Å². The molecule has 1 aliphatic rings. The lowest BCUT2D eigenvalue weighted by molar-refractivity contribution is 0.102. The zero-order valence-corrected chi connectivity index (χ0v) is 16.0. The van der Waals surface area contributed by atoms with Crippen molar-refractivity contribution in [2.75, 3.05) is 5.32 Å². The molecule has 0 unspecified atom stereocenters. The van der Waals surface area contributed by atoms with Gasteiger partial charge in [-0.2, -0.15) is 0 Å². The Morgan fingerprint density at radius 3 is 2.68 bits per heavy atom. The Morgan fingerprint density at radius 2 is 1.93 bits per heavy atom. The van der Waals surface area contributed by atoms with Gasteiger partial charge in [-0.1, -0.05) is 11.6 Å². The Labute approximate surface area is 165 Å². The van der Waals surface area contributed by atoms with Crippen LogP contribution in [0.4, 0.5) is 10.1 Å². The van der Waals surface area contributed by atoms with Crippen LogP contribution in [0.5, 0.6) is 0 Å². The first-order valence-electron chi connectivity index (χ1n) is 8.51. The summed E-state index contributed by atoms with van der Waals surface area (Å²) >= 11 is 5.96. The number of hydrogen-bond donors (Lipinski definition) is 2. The van der Waals surface area contributed by atoms with E-state index >= 15 is 0 Å². The highest BCUT2D eigenvalue weighted by atomic mass is 35.5. The van der Waals surface area contributed by atoms with Crippen LogP contribution in [0.1, 0.15) is 23.2 Å². The molecule has 1 heterocycles. The van der Waals surface area contributed by atoms with E-state index in [0.29, 0.717) is 21.6 Å². The van der Waals surface area contributed by atoms with E-state index in [1.165, 1.54) is 12.3 Å². The van der Waals surface area contributed by atoms with E-state index in [4.69, 9.17) is 11.6 Å². The summed E-state index contributed by atoms with van der Waals surface area (Å²) in [6.45, 7) is 0. The van der Waals surface area contributed by atoms with Gasteiger partial charge in [0.1, 0.15) is 10.7 Å². The third kappa shape index (κ3) is 3.84. The number of hydrogen-bond acceptors (Lipinski definition) is 4. The van der Waals surface area contributed by atoms with Crippen LogP contribution in [-0.2, 0) is 10.0 Å². The summed E-state index contributed by atoms with van der Waals surface area (Å²) in [5, 5.41) is 3.90. The lowest BCUT2D eigenvalue weighted by Gasteiger charge is -2.11. The lowest BCUT2D eigenvalue weighted by atomic mass is 10.1. The molecule has 2 N–H and O–H groups in total. The molecule has 0 radical (unpaired) electrons. The number of pyridine rings is 1. The van der Waals surface area contributed by atoms with Crippen LogP contribution in [0, 0.1) is 5.82 Å². The van der Waals surface area contributed by atoms with E-state index in [9.17, 15) is 17.6 Å². The normalized spacial score (nSPS) is 14.2. The van der Waals surface area contributed by atoms with Gasteiger partial charge in [0.25, 0.3) is 5.91 Å². The number of benzene rings is 2. The fourth-order valence-corrected chi connectivity index (χ4v) is 4.33. The van der Waals surface area contributed by atoms with Gasteiger partial charge in [-0.3, -0.25) is 9.78 Å². The number of aromatic nitrogens is 1. The molecule has 9 heteroatoms. The summed E-state index contributed by atoms with van der Waals surface area (Å²) in [7, 11) is -4.03. The van der Waals surface area contributed by atoms with Gasteiger partial charge in [-0.05, 0) is 55.3 Å². The molecular weight excluding hydrogens is 405 g/mol. The molecule has 0 atom stereocenters. The number of carbonyl (C=O) groups excluding carboxylic acids is 1. The molecule has 144 valence electrons. The van der Waals surface area contributed by atoms with E-state index in [2.05, 4.69) is 15.0 Å². The maximum absolute atomic E-state index is 14.1. The number of sulfonamides is 1. The van der Waals surface area contributed by atoms with Crippen molar-refractivity contribution < 1.29 is 17.6 Å². The Kier molecular flexibility index (Phi) is 4.78. The molecular formula is C19H15ClFN3O3S. The minimum absolute atomic E-state index is 0.0245. The summed E-state index contributed by atoms with van der Waals surface area (Å²) in [6.07, 6.45) is 2.97. The molecule has 0 aliphatic heterocycles. The molecule has 1 aromatic heterocycles. The van der Waals surface area contributed by atoms with Gasteiger partial charge in [0, 0.05) is 28.2 Å². The highest BCUT2D eigenvalue weighted by molar-refractivity contribution is 7.89. The number of nitrogens with one attached hydrogen (secondary N) is 2. The first-order valence-corrected chi connectivity index (χ1v) is 10.4. The fraction of sp³-hybridized carbons (Fsp3) is 0.158. The van der Waals surface area contributed by atoms with Crippen LogP contribution in [0.25, 0.3) is 10.9 Å². The maximum atomic E-state index is 14.1. The molecule has 4 rings (SSSR count). The molecule has 6 nitrogen and oxygen atoms in total. The van der Waals surface area contributed by atoms with Gasteiger partial charge in [-0.15, -0.1) is 0 Å². The minimum Gasteiger partial charge on any atom is -0.321 e. The zero-order valence-electron chi connectivity index (χ0n) is 14.4. The summed E-state index contributed by atoms with van der Waals surface area (Å²) in [4.78, 5) is 16.3. The van der Waals surface area contributed by atoms with Gasteiger partial charge >= 0.3 is 0 Å². The van der Waals surface area contributed by atoms with Crippen molar-refractivity contribution in [2.45, 2.75) is 23.8 Å². The summed E-state index contributed by atoms with van der Waals surface area (Å²) in [5.74, 6) is -1.47. The summed E-state index contributed by atoms with van der Waals surface area (Å²) in [6, 6.07) is 9.75. The van der Waals surface area contributed by atoms with E-state index in [1.807, 2.05) is 0 Å². The van der Waals surface area contributed by atoms with Crippen LogP contribution in [0.15, 0.2) is 53.6 Å². The van der Waals surface area contributed by atoms with Gasteiger partial charge in [0.2, 0.25) is 10.0 Å². The number of amides is 1. The van der Waals surface area contributed by atoms with Crippen molar-refractivity contribution in [1.82, 2.24) is 9.71 Å². The van der Waals surface area contributed by atoms with Crippen molar-refractivity contribution in [1.29, 1.82) is 0 Å². The second-order valence-corrected chi connectivity index (χ2v) is 8.63. The molecule has 3 aromatic rings. The summed E-state index contributed by atoms with van der Waals surface area (Å²) in [5.41, 5.74) is 1.11. The Hall–Kier alpha value is -2.55. The molecule has 0 spiro atoms. The molecule has 0 bridgehead atoms. The molecule has 28 heavy (non-hydrogen) atoms. The van der Waals surface area contributed by atoms with Crippen LogP contribution in [0.3, 0.4) is 0 Å². The quantitative estimate of drug-likeness (QED) is 0.659. The number of nitrogens with zero attached hydrogens (tertiary/aromatic N) is 1. The van der Waals surface area contributed by atoms with Crippen molar-refractivity contribution in [3.05, 3.63) is 65.1 Å². The molecule has 1 amide bonds. The Balaban J connectivity index is 1.65. The Bertz CT molecular complexity index is 1200. The van der Waals surface area contributed by atoms with Gasteiger partial charge < -0.3 is 5.32 Å². The predicted octanol–water partition coefficient (Wildman–Crippen LogP) is 3.72. The molecule has 1 aliphatic carbocycles. The highest BCUT2D eigenvalue weighted by Gasteiger charge is 2.30. The fourth-order valence-electron chi connectivity index (χ4n) is 2.76. The molecule has 0 saturated heterocycles. The average Bonchev–Trinajstić information content (AvgIpc) is 3.45. The summed E-state index contributed by atoms with van der Waals surface area (Å²) < 4.78 is 41.2. The number of fused-ring (bicyclic) bond motifs is 1. The smallest absolute Gasteiger partial charge is 0.255 e. The second-order valence-electron chi connectivity index (χ2n) is 6.51. The number of rotatable bonds is 5. The zero-order chi connectivity index (χ0) is 19.9. The van der Waals surface area contributed by atoms with Crippen molar-refractivity contribution in [2.24, 2.45) is 0 Å². The molecule has 2 aromatic carbocycles. The Morgan fingerprint density at radius 1 is 1.14 bits per heavy atom.